The van der Waals surface area contributed by atoms with Crippen molar-refractivity contribution in [2.24, 2.45) is 5.41 Å². The first-order chi connectivity index (χ1) is 12.3. The summed E-state index contributed by atoms with van der Waals surface area (Å²) in [7, 11) is 0. The maximum Gasteiger partial charge on any atom is 0.245 e. The van der Waals surface area contributed by atoms with E-state index < -0.39 is 11.5 Å². The number of hydrogen-bond donors (Lipinski definition) is 2. The maximum absolute atomic E-state index is 13.2. The van der Waals surface area contributed by atoms with E-state index in [9.17, 15) is 9.59 Å². The molecule has 1 saturated heterocycles. The third-order valence-corrected chi connectivity index (χ3v) is 4.73. The quantitative estimate of drug-likeness (QED) is 0.802. The molecule has 27 heavy (non-hydrogen) atoms. The third-order valence-electron chi connectivity index (χ3n) is 4.73. The predicted octanol–water partition coefficient (Wildman–Crippen LogP) is 2.52. The summed E-state index contributed by atoms with van der Waals surface area (Å²) in [4.78, 5) is 31.8. The highest BCUT2D eigenvalue weighted by Crippen LogP contribution is 2.18. The van der Waals surface area contributed by atoms with Crippen LogP contribution in [0.3, 0.4) is 0 Å². The van der Waals surface area contributed by atoms with Gasteiger partial charge in [-0.2, -0.15) is 0 Å². The molecule has 6 nitrogen and oxygen atoms in total. The Hall–Kier alpha value is -1.66. The minimum absolute atomic E-state index is 0. The van der Waals surface area contributed by atoms with Gasteiger partial charge in [0.15, 0.2) is 0 Å². The van der Waals surface area contributed by atoms with E-state index in [2.05, 4.69) is 15.6 Å². The van der Waals surface area contributed by atoms with Crippen molar-refractivity contribution in [2.75, 3.05) is 13.1 Å². The summed E-state index contributed by atoms with van der Waals surface area (Å²) in [6, 6.07) is 5.35. The summed E-state index contributed by atoms with van der Waals surface area (Å²) in [5, 5.41) is 6.27. The van der Waals surface area contributed by atoms with Gasteiger partial charge in [0.1, 0.15) is 6.04 Å². The van der Waals surface area contributed by atoms with Gasteiger partial charge in [0.05, 0.1) is 12.2 Å². The van der Waals surface area contributed by atoms with Gasteiger partial charge < -0.3 is 15.5 Å². The zero-order valence-corrected chi connectivity index (χ0v) is 17.6. The van der Waals surface area contributed by atoms with E-state index in [0.717, 1.165) is 38.0 Å². The number of nitrogens with one attached hydrogen (secondary N) is 2. The number of pyridine rings is 1. The van der Waals surface area contributed by atoms with Crippen LogP contribution in [0.15, 0.2) is 24.4 Å². The molecule has 1 aliphatic rings. The highest BCUT2D eigenvalue weighted by Gasteiger charge is 2.31. The van der Waals surface area contributed by atoms with Gasteiger partial charge in [0.2, 0.25) is 11.8 Å². The van der Waals surface area contributed by atoms with Gasteiger partial charge in [-0.05, 0) is 51.4 Å². The second-order valence-corrected chi connectivity index (χ2v) is 8.07. The molecule has 0 spiro atoms. The molecule has 2 heterocycles. The second-order valence-electron chi connectivity index (χ2n) is 8.07. The Kier molecular flexibility index (Phi) is 9.19. The van der Waals surface area contributed by atoms with Crippen LogP contribution in [0.2, 0.25) is 0 Å². The van der Waals surface area contributed by atoms with Gasteiger partial charge >= 0.3 is 0 Å². The lowest BCUT2D eigenvalue weighted by atomic mass is 9.95. The molecule has 2 N–H and O–H groups in total. The smallest absolute Gasteiger partial charge is 0.245 e. The summed E-state index contributed by atoms with van der Waals surface area (Å²) in [5.74, 6) is -0.154. The van der Waals surface area contributed by atoms with Crippen molar-refractivity contribution < 1.29 is 9.59 Å². The lowest BCUT2D eigenvalue weighted by molar-refractivity contribution is -0.140. The minimum atomic E-state index is -0.554. The Morgan fingerprint density at radius 3 is 2.67 bits per heavy atom. The molecule has 7 heteroatoms. The normalized spacial score (nSPS) is 18.6. The number of nitrogens with zero attached hydrogens (tertiary/aromatic N) is 2. The first kappa shape index (κ1) is 23.4. The van der Waals surface area contributed by atoms with Crippen molar-refractivity contribution in [1.82, 2.24) is 20.5 Å². The van der Waals surface area contributed by atoms with E-state index >= 15 is 0 Å². The van der Waals surface area contributed by atoms with Crippen LogP contribution in [0.25, 0.3) is 0 Å². The number of hydrogen-bond acceptors (Lipinski definition) is 4. The van der Waals surface area contributed by atoms with Crippen molar-refractivity contribution >= 4 is 24.2 Å². The van der Waals surface area contributed by atoms with Crippen LogP contribution in [0, 0.1) is 5.41 Å². The topological polar surface area (TPSA) is 74.3 Å². The molecule has 0 bridgehead atoms. The fraction of sp³-hybridized carbons (Fsp3) is 0.650. The van der Waals surface area contributed by atoms with E-state index in [1.807, 2.05) is 43.9 Å². The molecule has 0 saturated carbocycles. The van der Waals surface area contributed by atoms with E-state index in [0.29, 0.717) is 6.54 Å². The zero-order chi connectivity index (χ0) is 19.2. The van der Waals surface area contributed by atoms with Gasteiger partial charge in [-0.25, -0.2) is 0 Å². The van der Waals surface area contributed by atoms with E-state index in [1.54, 1.807) is 13.1 Å². The summed E-state index contributed by atoms with van der Waals surface area (Å²) >= 11 is 0. The second kappa shape index (κ2) is 10.6. The molecule has 2 unspecified atom stereocenters. The fourth-order valence-electron chi connectivity index (χ4n) is 3.09. The van der Waals surface area contributed by atoms with Crippen LogP contribution in [0.4, 0.5) is 0 Å². The molecule has 2 atom stereocenters. The van der Waals surface area contributed by atoms with E-state index in [1.165, 1.54) is 0 Å². The number of carbonyl (C=O) groups is 2. The molecule has 1 aliphatic heterocycles. The van der Waals surface area contributed by atoms with Crippen LogP contribution in [0.5, 0.6) is 0 Å². The van der Waals surface area contributed by atoms with Crippen molar-refractivity contribution in [2.45, 2.75) is 65.6 Å². The Labute approximate surface area is 168 Å². The summed E-state index contributed by atoms with van der Waals surface area (Å²) in [6.45, 7) is 9.68. The number of carbonyl (C=O) groups excluding carboxylic acids is 2. The lowest BCUT2D eigenvalue weighted by Gasteiger charge is -2.34. The van der Waals surface area contributed by atoms with Crippen LogP contribution < -0.4 is 10.6 Å². The highest BCUT2D eigenvalue weighted by atomic mass is 35.5. The van der Waals surface area contributed by atoms with Gasteiger partial charge in [-0.15, -0.1) is 12.4 Å². The van der Waals surface area contributed by atoms with E-state index in [-0.39, 0.29) is 30.3 Å². The van der Waals surface area contributed by atoms with Crippen molar-refractivity contribution in [3.63, 3.8) is 0 Å². The number of amides is 2. The van der Waals surface area contributed by atoms with Gasteiger partial charge in [0.25, 0.3) is 0 Å². The summed E-state index contributed by atoms with van der Waals surface area (Å²) in [6.07, 6.45) is 4.67. The Morgan fingerprint density at radius 1 is 1.30 bits per heavy atom. The fourth-order valence-corrected chi connectivity index (χ4v) is 3.09. The molecule has 0 radical (unpaired) electrons. The molecule has 1 aromatic rings. The molecule has 0 aromatic carbocycles. The molecular weight excluding hydrogens is 364 g/mol. The van der Waals surface area contributed by atoms with Crippen LogP contribution in [0.1, 0.15) is 52.7 Å². The van der Waals surface area contributed by atoms with Crippen molar-refractivity contribution in [1.29, 1.82) is 0 Å². The number of halogens is 1. The van der Waals surface area contributed by atoms with E-state index in [4.69, 9.17) is 0 Å². The summed E-state index contributed by atoms with van der Waals surface area (Å²) < 4.78 is 0. The molecule has 0 aliphatic carbocycles. The Bertz CT molecular complexity index is 596. The molecule has 2 rings (SSSR count). The molecule has 2 amide bonds. The first-order valence-corrected chi connectivity index (χ1v) is 9.51. The monoisotopic (exact) mass is 396 g/mol. The van der Waals surface area contributed by atoms with Gasteiger partial charge in [-0.1, -0.05) is 26.8 Å². The lowest BCUT2D eigenvalue weighted by Crippen LogP contribution is -2.52. The average Bonchev–Trinajstić information content (AvgIpc) is 2.88. The average molecular weight is 397 g/mol. The van der Waals surface area contributed by atoms with Crippen LogP contribution in [-0.2, 0) is 16.1 Å². The Morgan fingerprint density at radius 2 is 2.04 bits per heavy atom. The molecule has 1 aromatic heterocycles. The van der Waals surface area contributed by atoms with Gasteiger partial charge in [-0.3, -0.25) is 14.6 Å². The largest absolute Gasteiger partial charge is 0.344 e. The molecule has 152 valence electrons. The van der Waals surface area contributed by atoms with Crippen molar-refractivity contribution in [3.8, 4) is 0 Å². The SMILES string of the molecule is CC(NC(=O)C(C)(C)C)C(=O)N(Cc1ccccn1)C1CCCNCC1.Cl. The number of rotatable bonds is 5. The van der Waals surface area contributed by atoms with Crippen LogP contribution in [-0.4, -0.2) is 46.9 Å². The van der Waals surface area contributed by atoms with Crippen LogP contribution >= 0.6 is 12.4 Å². The van der Waals surface area contributed by atoms with Gasteiger partial charge in [0, 0.05) is 17.7 Å². The zero-order valence-electron chi connectivity index (χ0n) is 16.8. The van der Waals surface area contributed by atoms with Crippen molar-refractivity contribution in [3.05, 3.63) is 30.1 Å². The maximum atomic E-state index is 13.2. The standard InChI is InChI=1S/C20H32N4O2.ClH/c1-15(23-19(26)20(2,3)4)18(25)24(14-16-8-5-6-12-22-16)17-9-7-11-21-13-10-17;/h5-6,8,12,15,17,21H,7,9-11,13-14H2,1-4H3,(H,23,26);1H. The molecule has 1 fully saturated rings. The Balaban J connectivity index is 0.00000364. The predicted molar refractivity (Wildman–Crippen MR) is 110 cm³/mol. The summed E-state index contributed by atoms with van der Waals surface area (Å²) in [5.41, 5.74) is 0.347. The molecular formula is C20H33ClN4O2. The first-order valence-electron chi connectivity index (χ1n) is 9.51. The number of aromatic nitrogens is 1. The highest BCUT2D eigenvalue weighted by molar-refractivity contribution is 5.89. The third kappa shape index (κ3) is 7.11. The minimum Gasteiger partial charge on any atom is -0.344 e.